The van der Waals surface area contributed by atoms with Crippen molar-refractivity contribution in [3.05, 3.63) is 0 Å². The summed E-state index contributed by atoms with van der Waals surface area (Å²) in [6.45, 7) is 6.21. The average molecular weight is 189 g/mol. The van der Waals surface area contributed by atoms with Gasteiger partial charge < -0.3 is 10.4 Å². The van der Waals surface area contributed by atoms with E-state index in [1.165, 1.54) is 0 Å². The highest BCUT2D eigenvalue weighted by atomic mass is 16.4. The van der Waals surface area contributed by atoms with Crippen molar-refractivity contribution in [2.24, 2.45) is 0 Å². The molecule has 0 aliphatic rings. The predicted molar refractivity (Wildman–Crippen MR) is 51.5 cm³/mol. The Hall–Kier alpha value is -1.06. The maximum absolute atomic E-state index is 10.6. The highest BCUT2D eigenvalue weighted by Gasteiger charge is 1.97. The zero-order chi connectivity index (χ0) is 10.7. The van der Waals surface area contributed by atoms with E-state index in [0.29, 0.717) is 19.4 Å². The summed E-state index contributed by atoms with van der Waals surface area (Å²) in [5.74, 6) is -0.855. The summed E-state index contributed by atoms with van der Waals surface area (Å²) in [6, 6.07) is 0. The summed E-state index contributed by atoms with van der Waals surface area (Å²) in [5, 5.41) is 10.8. The molecular formula is C9H19NO3. The number of hydrogen-bond donors (Lipinski definition) is 2. The quantitative estimate of drug-likeness (QED) is 0.642. The molecule has 13 heavy (non-hydrogen) atoms. The van der Waals surface area contributed by atoms with Crippen molar-refractivity contribution >= 4 is 11.9 Å². The average Bonchev–Trinajstić information content (AvgIpc) is 2.15. The van der Waals surface area contributed by atoms with Crippen LogP contribution < -0.4 is 5.32 Å². The Morgan fingerprint density at radius 2 is 1.85 bits per heavy atom. The molecule has 0 aliphatic heterocycles. The molecule has 4 heteroatoms. The van der Waals surface area contributed by atoms with Crippen LogP contribution in [0.15, 0.2) is 0 Å². The molecule has 2 N–H and O–H groups in total. The van der Waals surface area contributed by atoms with Gasteiger partial charge in [0.05, 0.1) is 0 Å². The summed E-state index contributed by atoms with van der Waals surface area (Å²) in [4.78, 5) is 20.6. The van der Waals surface area contributed by atoms with E-state index in [9.17, 15) is 9.59 Å². The molecule has 1 amide bonds. The molecule has 4 nitrogen and oxygen atoms in total. The van der Waals surface area contributed by atoms with E-state index >= 15 is 0 Å². The topological polar surface area (TPSA) is 66.4 Å². The number of carboxylic acid groups (broad SMARTS) is 1. The van der Waals surface area contributed by atoms with Gasteiger partial charge in [-0.05, 0) is 6.42 Å². The molecule has 0 unspecified atom stereocenters. The molecule has 0 aliphatic carbocycles. The van der Waals surface area contributed by atoms with Crippen LogP contribution in [0.25, 0.3) is 0 Å². The lowest BCUT2D eigenvalue weighted by atomic mass is 10.3. The third-order valence-corrected chi connectivity index (χ3v) is 1.21. The predicted octanol–water partition coefficient (Wildman–Crippen LogP) is 1.40. The number of carboxylic acids is 1. The van der Waals surface area contributed by atoms with Crippen LogP contribution in [0.3, 0.4) is 0 Å². The second-order valence-electron chi connectivity index (χ2n) is 2.20. The van der Waals surface area contributed by atoms with Crippen molar-refractivity contribution in [3.8, 4) is 0 Å². The van der Waals surface area contributed by atoms with Crippen molar-refractivity contribution in [3.63, 3.8) is 0 Å². The van der Waals surface area contributed by atoms with Gasteiger partial charge in [0.1, 0.15) is 0 Å². The van der Waals surface area contributed by atoms with E-state index < -0.39 is 5.97 Å². The van der Waals surface area contributed by atoms with Gasteiger partial charge in [-0.1, -0.05) is 20.8 Å². The van der Waals surface area contributed by atoms with Crippen molar-refractivity contribution in [2.45, 2.75) is 40.0 Å². The van der Waals surface area contributed by atoms with Gasteiger partial charge in [-0.15, -0.1) is 0 Å². The minimum Gasteiger partial charge on any atom is -0.481 e. The van der Waals surface area contributed by atoms with Crippen molar-refractivity contribution in [2.75, 3.05) is 6.54 Å². The molecule has 0 saturated carbocycles. The molecule has 0 aromatic rings. The van der Waals surface area contributed by atoms with Gasteiger partial charge in [0.15, 0.2) is 0 Å². The van der Waals surface area contributed by atoms with Crippen molar-refractivity contribution in [1.82, 2.24) is 5.32 Å². The molecule has 0 radical (unpaired) electrons. The Labute approximate surface area is 79.3 Å². The fourth-order valence-corrected chi connectivity index (χ4v) is 0.592. The third-order valence-electron chi connectivity index (χ3n) is 1.21. The normalized spacial score (nSPS) is 8.23. The molecule has 0 fully saturated rings. The number of hydrogen-bond acceptors (Lipinski definition) is 2. The van der Waals surface area contributed by atoms with E-state index in [4.69, 9.17) is 5.11 Å². The van der Waals surface area contributed by atoms with Gasteiger partial charge in [-0.2, -0.15) is 0 Å². The Morgan fingerprint density at radius 1 is 1.31 bits per heavy atom. The molecule has 0 aromatic heterocycles. The van der Waals surface area contributed by atoms with Crippen molar-refractivity contribution in [1.29, 1.82) is 0 Å². The van der Waals surface area contributed by atoms with Crippen LogP contribution in [0, 0.1) is 0 Å². The first-order valence-corrected chi connectivity index (χ1v) is 4.65. The number of aliphatic carboxylic acids is 1. The molecule has 0 atom stereocenters. The summed E-state index contributed by atoms with van der Waals surface area (Å²) >= 11 is 0. The largest absolute Gasteiger partial charge is 0.481 e. The van der Waals surface area contributed by atoms with Crippen LogP contribution in [0.5, 0.6) is 0 Å². The monoisotopic (exact) mass is 189 g/mol. The maximum atomic E-state index is 10.6. The molecule has 0 aromatic carbocycles. The van der Waals surface area contributed by atoms with Crippen LogP contribution in [0.1, 0.15) is 40.0 Å². The van der Waals surface area contributed by atoms with E-state index in [1.54, 1.807) is 6.92 Å². The van der Waals surface area contributed by atoms with Gasteiger partial charge >= 0.3 is 5.97 Å². The number of carbonyl (C=O) groups is 2. The Balaban J connectivity index is 0. The fourth-order valence-electron chi connectivity index (χ4n) is 0.592. The molecule has 0 heterocycles. The molecule has 0 rings (SSSR count). The van der Waals surface area contributed by atoms with Crippen LogP contribution >= 0.6 is 0 Å². The van der Waals surface area contributed by atoms with Crippen LogP contribution in [-0.2, 0) is 9.59 Å². The van der Waals surface area contributed by atoms with E-state index in [0.717, 1.165) is 0 Å². The lowest BCUT2D eigenvalue weighted by Crippen LogP contribution is -2.23. The lowest BCUT2D eigenvalue weighted by Gasteiger charge is -1.99. The van der Waals surface area contributed by atoms with E-state index in [1.807, 2.05) is 13.8 Å². The Kier molecular flexibility index (Phi) is 12.2. The second-order valence-corrected chi connectivity index (χ2v) is 2.20. The van der Waals surface area contributed by atoms with Crippen LogP contribution in [-0.4, -0.2) is 23.5 Å². The number of carbonyl (C=O) groups excluding carboxylic acids is 1. The summed E-state index contributed by atoms with van der Waals surface area (Å²) in [5.41, 5.74) is 0. The van der Waals surface area contributed by atoms with Crippen LogP contribution in [0.2, 0.25) is 0 Å². The van der Waals surface area contributed by atoms with E-state index in [-0.39, 0.29) is 12.3 Å². The molecule has 78 valence electrons. The maximum Gasteiger partial charge on any atom is 0.303 e. The van der Waals surface area contributed by atoms with Gasteiger partial charge in [0, 0.05) is 19.4 Å². The van der Waals surface area contributed by atoms with Gasteiger partial charge in [0.2, 0.25) is 5.91 Å². The van der Waals surface area contributed by atoms with Crippen LogP contribution in [0.4, 0.5) is 0 Å². The first-order valence-electron chi connectivity index (χ1n) is 4.65. The molecule has 0 spiro atoms. The summed E-state index contributed by atoms with van der Waals surface area (Å²) < 4.78 is 0. The Morgan fingerprint density at radius 3 is 2.23 bits per heavy atom. The smallest absolute Gasteiger partial charge is 0.303 e. The first-order chi connectivity index (χ1) is 6.16. The number of rotatable bonds is 5. The molecule has 0 saturated heterocycles. The van der Waals surface area contributed by atoms with E-state index in [2.05, 4.69) is 5.32 Å². The fraction of sp³-hybridized carbons (Fsp3) is 0.778. The minimum atomic E-state index is -0.823. The minimum absolute atomic E-state index is 0.0320. The third kappa shape index (κ3) is 13.9. The van der Waals surface area contributed by atoms with Gasteiger partial charge in [-0.3, -0.25) is 9.59 Å². The standard InChI is InChI=1S/C7H13NO3.C2H6/c1-2-6(9)8-5-3-4-7(10)11;1-2/h2-5H2,1H3,(H,8,9)(H,10,11);1-2H3. The highest BCUT2D eigenvalue weighted by molar-refractivity contribution is 5.75. The summed E-state index contributed by atoms with van der Waals surface area (Å²) in [7, 11) is 0. The molecular weight excluding hydrogens is 170 g/mol. The number of amides is 1. The van der Waals surface area contributed by atoms with Crippen molar-refractivity contribution < 1.29 is 14.7 Å². The zero-order valence-corrected chi connectivity index (χ0v) is 8.59. The summed E-state index contributed by atoms with van der Waals surface area (Å²) in [6.07, 6.45) is 1.07. The highest BCUT2D eigenvalue weighted by Crippen LogP contribution is 1.86. The number of nitrogens with one attached hydrogen (secondary N) is 1. The van der Waals surface area contributed by atoms with Gasteiger partial charge in [0.25, 0.3) is 0 Å². The first kappa shape index (κ1) is 14.5. The lowest BCUT2D eigenvalue weighted by molar-refractivity contribution is -0.137. The Bertz CT molecular complexity index is 146. The SMILES string of the molecule is CC.CCC(=O)NCCCC(=O)O. The second kappa shape index (κ2) is 10.9. The molecule has 0 bridgehead atoms. The van der Waals surface area contributed by atoms with Gasteiger partial charge in [-0.25, -0.2) is 0 Å². The zero-order valence-electron chi connectivity index (χ0n) is 8.59.